The molecule has 0 bridgehead atoms. The summed E-state index contributed by atoms with van der Waals surface area (Å²) in [6.45, 7) is 13.0. The number of nitrogens with zero attached hydrogens (tertiary/aromatic N) is 3. The Morgan fingerprint density at radius 2 is 1.80 bits per heavy atom. The fraction of sp³-hybridized carbons (Fsp3) is 0.483. The van der Waals surface area contributed by atoms with Gasteiger partial charge in [0.25, 0.3) is 5.91 Å². The molecule has 1 aromatic heterocycles. The largest absolute Gasteiger partial charge is 0.491 e. The molecule has 1 amide bonds. The summed E-state index contributed by atoms with van der Waals surface area (Å²) in [6.07, 6.45) is 0. The first-order valence-electron chi connectivity index (χ1n) is 13.4. The molecule has 0 saturated carbocycles. The van der Waals surface area contributed by atoms with Crippen molar-refractivity contribution in [3.8, 4) is 11.5 Å². The molecule has 2 heterocycles. The summed E-state index contributed by atoms with van der Waals surface area (Å²) in [5.74, 6) is -0.880. The summed E-state index contributed by atoms with van der Waals surface area (Å²) in [4.78, 5) is 45.5. The fourth-order valence-corrected chi connectivity index (χ4v) is 4.66. The van der Waals surface area contributed by atoms with Crippen LogP contribution in [0.15, 0.2) is 18.2 Å². The van der Waals surface area contributed by atoms with Gasteiger partial charge in [0.05, 0.1) is 18.8 Å². The van der Waals surface area contributed by atoms with Crippen LogP contribution in [0, 0.1) is 5.41 Å². The number of aromatic nitrogens is 1. The Morgan fingerprint density at radius 1 is 1.12 bits per heavy atom. The molecule has 216 valence electrons. The van der Waals surface area contributed by atoms with Crippen molar-refractivity contribution in [1.82, 2.24) is 15.2 Å². The minimum atomic E-state index is -1.08. The molecule has 0 atom stereocenters. The lowest BCUT2D eigenvalue weighted by Gasteiger charge is -2.30. The molecule has 0 aliphatic carbocycles. The van der Waals surface area contributed by atoms with Gasteiger partial charge in [-0.05, 0) is 44.4 Å². The van der Waals surface area contributed by atoms with Crippen molar-refractivity contribution >= 4 is 29.2 Å². The number of rotatable bonds is 12. The number of carbonyl (C=O) groups excluding carboxylic acids is 2. The zero-order chi connectivity index (χ0) is 29.8. The highest BCUT2D eigenvalue weighted by Gasteiger charge is 2.32. The molecular weight excluding hydrogens is 514 g/mol. The Hall–Kier alpha value is -4.15. The SMILES string of the molecule is CCOc1cc2c(nc1C(=O)NC)C(=N)N(CC(=O)c1cc(N(CC)CC)c(OCC(=O)O)c(C(C)(C)C)c1)C2. The monoisotopic (exact) mass is 553 g/mol. The van der Waals surface area contributed by atoms with Gasteiger partial charge in [0.15, 0.2) is 23.8 Å². The third-order valence-electron chi connectivity index (χ3n) is 6.69. The number of amidine groups is 1. The number of carboxylic acids is 1. The Balaban J connectivity index is 2.00. The van der Waals surface area contributed by atoms with E-state index in [1.165, 1.54) is 7.05 Å². The second-order valence-corrected chi connectivity index (χ2v) is 10.5. The van der Waals surface area contributed by atoms with E-state index in [1.54, 1.807) is 23.1 Å². The summed E-state index contributed by atoms with van der Waals surface area (Å²) >= 11 is 0. The molecule has 1 aliphatic rings. The lowest BCUT2D eigenvalue weighted by Crippen LogP contribution is -2.31. The summed E-state index contributed by atoms with van der Waals surface area (Å²) in [6, 6.07) is 5.21. The Morgan fingerprint density at radius 3 is 2.35 bits per heavy atom. The van der Waals surface area contributed by atoms with Crippen LogP contribution in [-0.4, -0.2) is 78.4 Å². The Kier molecular flexibility index (Phi) is 9.39. The quantitative estimate of drug-likeness (QED) is 0.336. The predicted octanol–water partition coefficient (Wildman–Crippen LogP) is 3.47. The molecule has 2 aromatic rings. The zero-order valence-corrected chi connectivity index (χ0v) is 24.3. The van der Waals surface area contributed by atoms with E-state index in [9.17, 15) is 19.5 Å². The number of ether oxygens (including phenoxy) is 2. The molecule has 0 fully saturated rings. The van der Waals surface area contributed by atoms with Gasteiger partial charge in [-0.3, -0.25) is 15.0 Å². The smallest absolute Gasteiger partial charge is 0.341 e. The molecule has 1 aromatic carbocycles. The van der Waals surface area contributed by atoms with Gasteiger partial charge in [0, 0.05) is 43.4 Å². The fourth-order valence-electron chi connectivity index (χ4n) is 4.66. The van der Waals surface area contributed by atoms with E-state index in [0.29, 0.717) is 53.7 Å². The van der Waals surface area contributed by atoms with Crippen LogP contribution in [0.25, 0.3) is 0 Å². The van der Waals surface area contributed by atoms with E-state index in [4.69, 9.17) is 14.9 Å². The van der Waals surface area contributed by atoms with Crippen LogP contribution >= 0.6 is 0 Å². The highest BCUT2D eigenvalue weighted by atomic mass is 16.5. The molecule has 0 saturated heterocycles. The standard InChI is InChI=1S/C29H39N5O6/c1-8-33(9-2)20-12-17(11-19(29(4,5)6)26(20)40-16-23(36)37)21(35)15-34-14-18-13-22(39-10-3)25(28(38)31-7)32-24(18)27(34)30/h11-13,30H,8-10,14-16H2,1-7H3,(H,31,38)(H,36,37). The van der Waals surface area contributed by atoms with E-state index in [2.05, 4.69) is 10.3 Å². The number of ketones is 1. The van der Waals surface area contributed by atoms with Gasteiger partial charge >= 0.3 is 5.97 Å². The van der Waals surface area contributed by atoms with Gasteiger partial charge < -0.3 is 29.7 Å². The highest BCUT2D eigenvalue weighted by Crippen LogP contribution is 2.41. The molecule has 3 rings (SSSR count). The van der Waals surface area contributed by atoms with E-state index in [-0.39, 0.29) is 30.4 Å². The average molecular weight is 554 g/mol. The molecule has 3 N–H and O–H groups in total. The van der Waals surface area contributed by atoms with Crippen LogP contribution in [0.2, 0.25) is 0 Å². The number of carbonyl (C=O) groups is 3. The first kappa shape index (κ1) is 30.4. The minimum Gasteiger partial charge on any atom is -0.491 e. The first-order valence-corrected chi connectivity index (χ1v) is 13.4. The van der Waals surface area contributed by atoms with Crippen molar-refractivity contribution in [2.24, 2.45) is 0 Å². The zero-order valence-electron chi connectivity index (χ0n) is 24.3. The predicted molar refractivity (Wildman–Crippen MR) is 152 cm³/mol. The normalized spacial score (nSPS) is 12.7. The van der Waals surface area contributed by atoms with Crippen molar-refractivity contribution in [3.05, 3.63) is 46.3 Å². The van der Waals surface area contributed by atoms with Gasteiger partial charge in [-0.2, -0.15) is 0 Å². The number of nitrogens with one attached hydrogen (secondary N) is 2. The molecule has 40 heavy (non-hydrogen) atoms. The van der Waals surface area contributed by atoms with E-state index in [1.807, 2.05) is 46.4 Å². The highest BCUT2D eigenvalue weighted by molar-refractivity contribution is 6.06. The van der Waals surface area contributed by atoms with Crippen molar-refractivity contribution in [2.75, 3.05) is 44.8 Å². The summed E-state index contributed by atoms with van der Waals surface area (Å²) in [5, 5.41) is 20.5. The maximum absolute atomic E-state index is 13.7. The van der Waals surface area contributed by atoms with Crippen LogP contribution in [0.4, 0.5) is 5.69 Å². The summed E-state index contributed by atoms with van der Waals surface area (Å²) < 4.78 is 11.4. The lowest BCUT2D eigenvalue weighted by molar-refractivity contribution is -0.139. The molecule has 11 heteroatoms. The van der Waals surface area contributed by atoms with Crippen LogP contribution in [-0.2, 0) is 16.8 Å². The number of amides is 1. The number of benzene rings is 1. The Labute approximate surface area is 235 Å². The van der Waals surface area contributed by atoms with Gasteiger partial charge in [-0.25, -0.2) is 9.78 Å². The molecule has 1 aliphatic heterocycles. The maximum Gasteiger partial charge on any atom is 0.341 e. The number of fused-ring (bicyclic) bond motifs is 1. The summed E-state index contributed by atoms with van der Waals surface area (Å²) in [7, 11) is 1.50. The van der Waals surface area contributed by atoms with Crippen molar-refractivity contribution in [1.29, 1.82) is 5.41 Å². The number of pyridine rings is 1. The molecule has 11 nitrogen and oxygen atoms in total. The Bertz CT molecular complexity index is 1310. The molecule has 0 unspecified atom stereocenters. The van der Waals surface area contributed by atoms with E-state index < -0.39 is 23.9 Å². The van der Waals surface area contributed by atoms with Crippen molar-refractivity contribution in [2.45, 2.75) is 53.5 Å². The van der Waals surface area contributed by atoms with Crippen LogP contribution in [0.1, 0.15) is 79.2 Å². The van der Waals surface area contributed by atoms with Crippen molar-refractivity contribution in [3.63, 3.8) is 0 Å². The summed E-state index contributed by atoms with van der Waals surface area (Å²) in [5.41, 5.74) is 2.50. The van der Waals surface area contributed by atoms with Crippen LogP contribution in [0.3, 0.4) is 0 Å². The average Bonchev–Trinajstić information content (AvgIpc) is 3.20. The second kappa shape index (κ2) is 12.4. The number of aliphatic carboxylic acids is 1. The van der Waals surface area contributed by atoms with Gasteiger partial charge in [-0.1, -0.05) is 20.8 Å². The van der Waals surface area contributed by atoms with Gasteiger partial charge in [0.1, 0.15) is 17.3 Å². The number of hydrogen-bond donors (Lipinski definition) is 3. The van der Waals surface area contributed by atoms with Gasteiger partial charge in [0.2, 0.25) is 0 Å². The molecule has 0 radical (unpaired) electrons. The third-order valence-corrected chi connectivity index (χ3v) is 6.69. The van der Waals surface area contributed by atoms with E-state index >= 15 is 0 Å². The van der Waals surface area contributed by atoms with Gasteiger partial charge in [-0.15, -0.1) is 0 Å². The first-order chi connectivity index (χ1) is 18.9. The van der Waals surface area contributed by atoms with Crippen molar-refractivity contribution < 1.29 is 29.0 Å². The molecule has 0 spiro atoms. The second-order valence-electron chi connectivity index (χ2n) is 10.5. The van der Waals surface area contributed by atoms with Crippen LogP contribution in [0.5, 0.6) is 11.5 Å². The molecular formula is C29H39N5O6. The number of hydrogen-bond acceptors (Lipinski definition) is 8. The van der Waals surface area contributed by atoms with Crippen LogP contribution < -0.4 is 19.7 Å². The minimum absolute atomic E-state index is 0.0537. The topological polar surface area (TPSA) is 145 Å². The number of anilines is 1. The number of Topliss-reactive ketones (excluding diaryl/α,β-unsaturated/α-hetero) is 1. The maximum atomic E-state index is 13.7. The lowest BCUT2D eigenvalue weighted by atomic mass is 9.84. The number of carboxylic acid groups (broad SMARTS) is 1. The van der Waals surface area contributed by atoms with E-state index in [0.717, 1.165) is 5.56 Å². The third kappa shape index (κ3) is 6.35.